The molecule has 1 aliphatic carbocycles. The van der Waals surface area contributed by atoms with Crippen molar-refractivity contribution in [2.75, 3.05) is 5.32 Å². The molecule has 152 valence electrons. The van der Waals surface area contributed by atoms with E-state index in [0.29, 0.717) is 11.5 Å². The van der Waals surface area contributed by atoms with Crippen LogP contribution < -0.4 is 5.32 Å². The topological polar surface area (TPSA) is 59.3 Å². The minimum Gasteiger partial charge on any atom is -0.326 e. The Kier molecular flexibility index (Phi) is 5.02. The van der Waals surface area contributed by atoms with Crippen LogP contribution in [-0.2, 0) is 4.79 Å². The SMILES string of the molecule is Cc1ccc(NC(=O)[C@H]2CC[C@@H](C(F)(F)F)CC2)cc1-c1ncc2cccn2n1. The number of aromatic nitrogens is 3. The summed E-state index contributed by atoms with van der Waals surface area (Å²) in [5.74, 6) is -1.39. The summed E-state index contributed by atoms with van der Waals surface area (Å²) in [4.78, 5) is 17.0. The third-order valence-corrected chi connectivity index (χ3v) is 5.59. The van der Waals surface area contributed by atoms with Crippen LogP contribution in [0.2, 0.25) is 0 Å². The fourth-order valence-corrected chi connectivity index (χ4v) is 3.83. The molecule has 1 aliphatic rings. The lowest BCUT2D eigenvalue weighted by Crippen LogP contribution is -2.32. The first-order valence-electron chi connectivity index (χ1n) is 9.60. The van der Waals surface area contributed by atoms with Crippen LogP contribution in [0.15, 0.2) is 42.7 Å². The van der Waals surface area contributed by atoms with Gasteiger partial charge in [-0.1, -0.05) is 6.07 Å². The summed E-state index contributed by atoms with van der Waals surface area (Å²) in [5.41, 5.74) is 3.22. The van der Waals surface area contributed by atoms with Crippen LogP contribution >= 0.6 is 0 Å². The minimum atomic E-state index is -4.17. The van der Waals surface area contributed by atoms with E-state index in [2.05, 4.69) is 15.4 Å². The fraction of sp³-hybridized carbons (Fsp3) is 0.381. The number of anilines is 1. The predicted molar refractivity (Wildman–Crippen MR) is 103 cm³/mol. The second-order valence-corrected chi connectivity index (χ2v) is 7.57. The average molecular weight is 402 g/mol. The molecule has 0 unspecified atom stereocenters. The van der Waals surface area contributed by atoms with Crippen molar-refractivity contribution in [1.82, 2.24) is 14.6 Å². The summed E-state index contributed by atoms with van der Waals surface area (Å²) in [6.45, 7) is 1.93. The van der Waals surface area contributed by atoms with Crippen LogP contribution in [0, 0.1) is 18.8 Å². The van der Waals surface area contributed by atoms with Crippen molar-refractivity contribution >= 4 is 17.1 Å². The molecule has 3 aromatic rings. The number of hydrogen-bond acceptors (Lipinski definition) is 3. The highest BCUT2D eigenvalue weighted by molar-refractivity contribution is 5.93. The van der Waals surface area contributed by atoms with Gasteiger partial charge in [-0.3, -0.25) is 4.79 Å². The second kappa shape index (κ2) is 7.50. The Morgan fingerprint density at radius 2 is 1.93 bits per heavy atom. The highest BCUT2D eigenvalue weighted by Crippen LogP contribution is 2.39. The molecule has 0 atom stereocenters. The summed E-state index contributed by atoms with van der Waals surface area (Å²) in [6, 6.07) is 9.24. The highest BCUT2D eigenvalue weighted by Gasteiger charge is 2.42. The van der Waals surface area contributed by atoms with Gasteiger partial charge in [-0.05, 0) is 62.4 Å². The normalized spacial score (nSPS) is 20.0. The van der Waals surface area contributed by atoms with Crippen LogP contribution in [0.5, 0.6) is 0 Å². The summed E-state index contributed by atoms with van der Waals surface area (Å²) >= 11 is 0. The van der Waals surface area contributed by atoms with Crippen molar-refractivity contribution < 1.29 is 18.0 Å². The van der Waals surface area contributed by atoms with Crippen molar-refractivity contribution in [2.45, 2.75) is 38.8 Å². The van der Waals surface area contributed by atoms with Crippen LogP contribution in [-0.4, -0.2) is 26.7 Å². The van der Waals surface area contributed by atoms with Gasteiger partial charge in [-0.2, -0.15) is 13.2 Å². The number of hydrogen-bond donors (Lipinski definition) is 1. The van der Waals surface area contributed by atoms with E-state index in [1.54, 1.807) is 22.8 Å². The number of aryl methyl sites for hydroxylation is 1. The van der Waals surface area contributed by atoms with E-state index in [0.717, 1.165) is 16.6 Å². The Hall–Kier alpha value is -2.90. The number of rotatable bonds is 3. The number of carbonyl (C=O) groups excluding carboxylic acids is 1. The molecule has 0 spiro atoms. The molecule has 1 aromatic carbocycles. The molecule has 0 radical (unpaired) electrons. The number of amides is 1. The molecule has 0 aliphatic heterocycles. The predicted octanol–water partition coefficient (Wildman–Crippen LogP) is 5.01. The lowest BCUT2D eigenvalue weighted by atomic mass is 9.81. The van der Waals surface area contributed by atoms with Crippen molar-refractivity contribution in [2.24, 2.45) is 11.8 Å². The van der Waals surface area contributed by atoms with E-state index >= 15 is 0 Å². The summed E-state index contributed by atoms with van der Waals surface area (Å²) in [5, 5.41) is 7.35. The van der Waals surface area contributed by atoms with Gasteiger partial charge >= 0.3 is 6.18 Å². The number of benzene rings is 1. The lowest BCUT2D eigenvalue weighted by molar-refractivity contribution is -0.184. The summed E-state index contributed by atoms with van der Waals surface area (Å²) in [7, 11) is 0. The van der Waals surface area contributed by atoms with Crippen molar-refractivity contribution in [3.63, 3.8) is 0 Å². The molecule has 1 amide bonds. The van der Waals surface area contributed by atoms with Crippen molar-refractivity contribution in [1.29, 1.82) is 0 Å². The number of fused-ring (bicyclic) bond motifs is 1. The zero-order valence-electron chi connectivity index (χ0n) is 15.9. The van der Waals surface area contributed by atoms with Gasteiger partial charge in [0.2, 0.25) is 5.91 Å². The number of nitrogens with zero attached hydrogens (tertiary/aromatic N) is 3. The largest absolute Gasteiger partial charge is 0.391 e. The first kappa shape index (κ1) is 19.4. The summed E-state index contributed by atoms with van der Waals surface area (Å²) < 4.78 is 40.2. The van der Waals surface area contributed by atoms with Gasteiger partial charge in [0.1, 0.15) is 0 Å². The van der Waals surface area contributed by atoms with Crippen molar-refractivity contribution in [3.8, 4) is 11.4 Å². The Morgan fingerprint density at radius 1 is 1.17 bits per heavy atom. The number of halogens is 3. The van der Waals surface area contributed by atoms with Crippen LogP contribution in [0.25, 0.3) is 16.9 Å². The molecule has 2 aromatic heterocycles. The molecular formula is C21H21F3N4O. The van der Waals surface area contributed by atoms with Gasteiger partial charge in [0.05, 0.1) is 17.6 Å². The Morgan fingerprint density at radius 3 is 2.66 bits per heavy atom. The zero-order valence-corrected chi connectivity index (χ0v) is 15.9. The third-order valence-electron chi connectivity index (χ3n) is 5.59. The maximum Gasteiger partial charge on any atom is 0.391 e. The molecule has 4 rings (SSSR count). The van der Waals surface area contributed by atoms with Crippen LogP contribution in [0.1, 0.15) is 31.2 Å². The van der Waals surface area contributed by atoms with E-state index in [9.17, 15) is 18.0 Å². The molecular weight excluding hydrogens is 381 g/mol. The van der Waals surface area contributed by atoms with E-state index in [1.807, 2.05) is 31.3 Å². The van der Waals surface area contributed by atoms with Gasteiger partial charge in [-0.25, -0.2) is 9.50 Å². The molecule has 0 saturated heterocycles. The molecule has 1 N–H and O–H groups in total. The van der Waals surface area contributed by atoms with Gasteiger partial charge < -0.3 is 5.32 Å². The van der Waals surface area contributed by atoms with Gasteiger partial charge in [-0.15, -0.1) is 5.10 Å². The third kappa shape index (κ3) is 4.11. The minimum absolute atomic E-state index is 0.00542. The number of alkyl halides is 3. The Bertz CT molecular complexity index is 1040. The maximum absolute atomic E-state index is 12.8. The Labute approximate surface area is 166 Å². The quantitative estimate of drug-likeness (QED) is 0.670. The smallest absolute Gasteiger partial charge is 0.326 e. The standard InChI is InChI=1S/C21H21F3N4O/c1-13-4-9-16(11-18(13)19-25-12-17-3-2-10-28(17)27-19)26-20(29)14-5-7-15(8-6-14)21(22,23)24/h2-4,9-12,14-15H,5-8H2,1H3,(H,26,29)/t14-,15+. The van der Waals surface area contributed by atoms with E-state index < -0.39 is 18.0 Å². The monoisotopic (exact) mass is 402 g/mol. The molecule has 5 nitrogen and oxygen atoms in total. The highest BCUT2D eigenvalue weighted by atomic mass is 19.4. The average Bonchev–Trinajstić information content (AvgIpc) is 3.16. The molecule has 2 heterocycles. The molecule has 1 fully saturated rings. The van der Waals surface area contributed by atoms with Gasteiger partial charge in [0.15, 0.2) is 5.82 Å². The van der Waals surface area contributed by atoms with Crippen molar-refractivity contribution in [3.05, 3.63) is 48.3 Å². The zero-order chi connectivity index (χ0) is 20.6. The molecule has 1 saturated carbocycles. The first-order valence-corrected chi connectivity index (χ1v) is 9.60. The number of carbonyl (C=O) groups is 1. The van der Waals surface area contributed by atoms with Crippen LogP contribution in [0.4, 0.5) is 18.9 Å². The molecule has 8 heteroatoms. The van der Waals surface area contributed by atoms with E-state index in [-0.39, 0.29) is 31.6 Å². The Balaban J connectivity index is 1.48. The van der Waals surface area contributed by atoms with Gasteiger partial charge in [0, 0.05) is 23.4 Å². The molecule has 29 heavy (non-hydrogen) atoms. The van der Waals surface area contributed by atoms with E-state index in [4.69, 9.17) is 0 Å². The second-order valence-electron chi connectivity index (χ2n) is 7.57. The maximum atomic E-state index is 12.8. The van der Waals surface area contributed by atoms with E-state index in [1.165, 1.54) is 0 Å². The number of nitrogens with one attached hydrogen (secondary N) is 1. The summed E-state index contributed by atoms with van der Waals surface area (Å²) in [6.07, 6.45) is -0.0970. The lowest BCUT2D eigenvalue weighted by Gasteiger charge is -2.29. The van der Waals surface area contributed by atoms with Gasteiger partial charge in [0.25, 0.3) is 0 Å². The van der Waals surface area contributed by atoms with Crippen LogP contribution in [0.3, 0.4) is 0 Å². The fourth-order valence-electron chi connectivity index (χ4n) is 3.83. The first-order chi connectivity index (χ1) is 13.8. The molecule has 0 bridgehead atoms.